The number of amides is 3. The molecule has 9 aromatic rings. The lowest BCUT2D eigenvalue weighted by Gasteiger charge is -2.42. The Morgan fingerprint density at radius 1 is 0.485 bits per heavy atom. The van der Waals surface area contributed by atoms with Gasteiger partial charge in [-0.15, -0.1) is 23.2 Å². The molecule has 3 aliphatic heterocycles. The van der Waals surface area contributed by atoms with Crippen molar-refractivity contribution in [3.8, 4) is 34.5 Å². The quantitative estimate of drug-likeness (QED) is 0.0576. The van der Waals surface area contributed by atoms with E-state index >= 15 is 0 Å². The van der Waals surface area contributed by atoms with Gasteiger partial charge in [-0.2, -0.15) is 0 Å². The molecule has 1 saturated carbocycles. The van der Waals surface area contributed by atoms with Crippen LogP contribution in [0.1, 0.15) is 167 Å². The van der Waals surface area contributed by atoms with Crippen LogP contribution in [0.25, 0.3) is 38.4 Å². The van der Waals surface area contributed by atoms with Gasteiger partial charge in [0.15, 0.2) is 11.5 Å². The SMILES string of the molecule is C=C1c2c(c(O[Si](C(C)C)(C(C)C)C(C)C)c3ncccc3c2OC)C(=O)N1Cc1ccc(F)cc1.COc1c2c(c(O)c3ncccc13)C(=O)N(Cc1ccc(F)cc1)C21CC1.COc1c2c(c(O[Si](C(C)C)(C(C)C)C(C)C)c3ncccc13)C(=O)N(Cc1ccc(F)cc1)C2(C)O.ClCCl. The van der Waals surface area contributed by atoms with Crippen molar-refractivity contribution in [2.75, 3.05) is 26.7 Å². The Morgan fingerprint density at radius 3 is 1.23 bits per heavy atom. The third-order valence-electron chi connectivity index (χ3n) is 21.0. The highest BCUT2D eigenvalue weighted by molar-refractivity contribution is 6.79. The number of hydrogen-bond donors (Lipinski definition) is 2. The number of aromatic hydroxyl groups is 1. The van der Waals surface area contributed by atoms with Gasteiger partial charge in [-0.1, -0.05) is 126 Å². The molecule has 0 bridgehead atoms. The van der Waals surface area contributed by atoms with Crippen molar-refractivity contribution in [2.45, 2.75) is 167 Å². The summed E-state index contributed by atoms with van der Waals surface area (Å²) in [7, 11) is -0.246. The summed E-state index contributed by atoms with van der Waals surface area (Å²) in [5.41, 5.74) is 6.72. The number of alkyl halides is 2. The summed E-state index contributed by atoms with van der Waals surface area (Å²) in [5.74, 6) is 0.587. The minimum absolute atomic E-state index is 0.0915. The van der Waals surface area contributed by atoms with Crippen molar-refractivity contribution >= 4 is 96.0 Å². The van der Waals surface area contributed by atoms with E-state index in [1.807, 2.05) is 24.3 Å². The molecule has 23 heteroatoms. The first-order valence-electron chi connectivity index (χ1n) is 34.7. The second kappa shape index (κ2) is 30.5. The molecule has 0 saturated heterocycles. The number of ether oxygens (including phenoxy) is 3. The second-order valence-corrected chi connectivity index (χ2v) is 40.1. The van der Waals surface area contributed by atoms with E-state index in [2.05, 4.69) is 105 Å². The lowest BCUT2D eigenvalue weighted by molar-refractivity contribution is -0.0737. The zero-order valence-corrected chi connectivity index (χ0v) is 64.8. The van der Waals surface area contributed by atoms with Gasteiger partial charge in [0.25, 0.3) is 34.4 Å². The Morgan fingerprint density at radius 2 is 0.835 bits per heavy atom. The molecule has 0 radical (unpaired) electrons. The molecule has 1 aliphatic carbocycles. The molecule has 1 unspecified atom stereocenters. The molecule has 13 rings (SSSR count). The maximum atomic E-state index is 14.2. The Hall–Kier alpha value is -8.74. The monoisotopic (exact) mass is 1480 g/mol. The summed E-state index contributed by atoms with van der Waals surface area (Å²) in [6.45, 7) is 33.0. The molecule has 16 nitrogen and oxygen atoms in total. The van der Waals surface area contributed by atoms with Gasteiger partial charge in [0.05, 0.1) is 66.6 Å². The Bertz CT molecular complexity index is 4650. The largest absolute Gasteiger partial charge is 0.541 e. The first-order chi connectivity index (χ1) is 48.9. The molecule has 103 heavy (non-hydrogen) atoms. The average molecular weight is 1480 g/mol. The van der Waals surface area contributed by atoms with Crippen molar-refractivity contribution in [1.82, 2.24) is 29.7 Å². The third kappa shape index (κ3) is 13.6. The number of halogens is 5. The number of fused-ring (bicyclic) bond motifs is 7. The van der Waals surface area contributed by atoms with Crippen LogP contribution in [0.4, 0.5) is 13.2 Å². The third-order valence-corrected chi connectivity index (χ3v) is 32.9. The van der Waals surface area contributed by atoms with Crippen LogP contribution in [0.15, 0.2) is 134 Å². The van der Waals surface area contributed by atoms with Crippen molar-refractivity contribution in [3.63, 3.8) is 0 Å². The van der Waals surface area contributed by atoms with E-state index in [1.54, 1.807) is 98.1 Å². The van der Waals surface area contributed by atoms with E-state index in [0.29, 0.717) is 107 Å². The first-order valence-corrected chi connectivity index (χ1v) is 40.0. The summed E-state index contributed by atoms with van der Waals surface area (Å²) in [6.07, 6.45) is 6.58. The van der Waals surface area contributed by atoms with Crippen LogP contribution >= 0.6 is 23.2 Å². The van der Waals surface area contributed by atoms with Crippen LogP contribution in [0.3, 0.4) is 0 Å². The molecular weight excluding hydrogens is 1390 g/mol. The minimum atomic E-state index is -2.51. The molecule has 3 amide bonds. The molecule has 3 aromatic heterocycles. The normalized spacial score (nSPS) is 15.9. The topological polar surface area (TPSA) is 186 Å². The maximum Gasteiger partial charge on any atom is 0.263 e. The van der Waals surface area contributed by atoms with Gasteiger partial charge in [-0.25, -0.2) is 13.2 Å². The first kappa shape index (κ1) is 76.9. The number of methoxy groups -OCH3 is 3. The molecule has 6 aromatic carbocycles. The van der Waals surface area contributed by atoms with Gasteiger partial charge in [0, 0.05) is 59.1 Å². The number of rotatable bonds is 19. The highest BCUT2D eigenvalue weighted by Gasteiger charge is 2.61. The van der Waals surface area contributed by atoms with Crippen molar-refractivity contribution in [3.05, 3.63) is 202 Å². The fourth-order valence-electron chi connectivity index (χ4n) is 16.3. The zero-order chi connectivity index (χ0) is 75.1. The Labute approximate surface area is 613 Å². The van der Waals surface area contributed by atoms with Crippen LogP contribution in [0, 0.1) is 17.5 Å². The summed E-state index contributed by atoms with van der Waals surface area (Å²) in [6, 6.07) is 29.3. The van der Waals surface area contributed by atoms with E-state index < -0.39 is 27.9 Å². The zero-order valence-electron chi connectivity index (χ0n) is 61.3. The molecule has 1 fully saturated rings. The van der Waals surface area contributed by atoms with Crippen molar-refractivity contribution in [2.24, 2.45) is 0 Å². The summed E-state index contributed by atoms with van der Waals surface area (Å²) < 4.78 is 71.9. The predicted octanol–water partition coefficient (Wildman–Crippen LogP) is 19.5. The summed E-state index contributed by atoms with van der Waals surface area (Å²) in [4.78, 5) is 59.8. The average Bonchev–Trinajstić information content (AvgIpc) is 1.53. The van der Waals surface area contributed by atoms with Gasteiger partial charge < -0.3 is 48.0 Å². The number of pyridine rings is 3. The van der Waals surface area contributed by atoms with Crippen LogP contribution in [-0.2, 0) is 30.9 Å². The van der Waals surface area contributed by atoms with Crippen LogP contribution in [0.5, 0.6) is 34.5 Å². The Balaban J connectivity index is 0.000000165. The van der Waals surface area contributed by atoms with E-state index in [9.17, 15) is 37.8 Å². The molecule has 6 heterocycles. The van der Waals surface area contributed by atoms with Gasteiger partial charge in [0.2, 0.25) is 0 Å². The number of hydrogen-bond acceptors (Lipinski definition) is 13. The molecule has 1 atom stereocenters. The smallest absolute Gasteiger partial charge is 0.263 e. The lowest BCUT2D eigenvalue weighted by atomic mass is 9.97. The number of nitrogens with zero attached hydrogens (tertiary/aromatic N) is 6. The van der Waals surface area contributed by atoms with Gasteiger partial charge >= 0.3 is 0 Å². The van der Waals surface area contributed by atoms with E-state index in [-0.39, 0.29) is 87.1 Å². The number of phenolic OH excluding ortho intramolecular Hbond substituents is 1. The number of aliphatic hydroxyl groups is 1. The molecule has 2 N–H and O–H groups in total. The van der Waals surface area contributed by atoms with Crippen molar-refractivity contribution < 1.29 is 60.8 Å². The number of benzene rings is 6. The van der Waals surface area contributed by atoms with Crippen LogP contribution < -0.4 is 23.1 Å². The van der Waals surface area contributed by atoms with E-state index in [0.717, 1.165) is 34.9 Å². The van der Waals surface area contributed by atoms with Crippen LogP contribution in [-0.4, -0.2) is 101 Å². The fraction of sp³-hybridized carbons (Fsp3) is 0.375. The molecular formula is C80H91Cl2F3N6O10Si2. The summed E-state index contributed by atoms with van der Waals surface area (Å²) in [5, 5.41) is 25.1. The van der Waals surface area contributed by atoms with Gasteiger partial charge in [-0.3, -0.25) is 29.3 Å². The lowest BCUT2D eigenvalue weighted by Crippen LogP contribution is -2.51. The standard InChI is InChI=1S/C29H37FN2O4Si.C29H35FN2O3Si.C21H17FN2O3.CH2Cl2/c1-17(2)37(18(3)4,19(5)6)36-27-23-24(26(35-8)22-10-9-15-31-25(22)27)29(7,34)32(28(23)33)16-20-11-13-21(30)14-12-20;1-17(2)36(18(3)4,19(5)6)35-28-25-24(27(34-8)23-10-9-15-31-26(23)28)20(7)32(29(25)33)16-21-11-13-22(30)14-12-21;1-27-19-14-3-2-10-23-17(14)18(25)15-16(19)21(8-9-21)24(20(15)26)11-12-4-6-13(22)7-5-12;2-1-3/h9-15,17-19,34H,16H2,1-8H3;9-15,17-19H,7,16H2,1-6,8H3;2-7,10,25H,8-9,11H2,1H3;1H2. The number of phenols is 1. The second-order valence-electron chi connectivity index (χ2n) is 28.5. The summed E-state index contributed by atoms with van der Waals surface area (Å²) >= 11 is 9.53. The van der Waals surface area contributed by atoms with Crippen molar-refractivity contribution in [1.29, 1.82) is 0 Å². The van der Waals surface area contributed by atoms with Crippen LogP contribution in [0.2, 0.25) is 33.2 Å². The highest BCUT2D eigenvalue weighted by Crippen LogP contribution is 2.63. The van der Waals surface area contributed by atoms with E-state index in [1.165, 1.54) is 48.4 Å². The number of carbonyl (C=O) groups excluding carboxylic acids is 3. The molecule has 1 spiro atoms. The number of aromatic nitrogens is 3. The van der Waals surface area contributed by atoms with E-state index in [4.69, 9.17) is 46.3 Å². The van der Waals surface area contributed by atoms with Gasteiger partial charge in [-0.05, 0) is 142 Å². The minimum Gasteiger partial charge on any atom is -0.541 e. The fourth-order valence-corrected chi connectivity index (χ4v) is 26.9. The maximum absolute atomic E-state index is 14.2. The Kier molecular flexibility index (Phi) is 22.8. The number of carbonyl (C=O) groups is 3. The molecule has 4 aliphatic rings. The predicted molar refractivity (Wildman–Crippen MR) is 405 cm³/mol. The molecule has 544 valence electrons. The highest BCUT2D eigenvalue weighted by atomic mass is 35.5. The van der Waals surface area contributed by atoms with Gasteiger partial charge in [0.1, 0.15) is 62.7 Å².